The van der Waals surface area contributed by atoms with E-state index >= 15 is 0 Å². The molecule has 1 aliphatic heterocycles. The van der Waals surface area contributed by atoms with Crippen LogP contribution in [0, 0.1) is 11.8 Å². The number of ether oxygens (including phenoxy) is 1. The number of para-hydroxylation sites is 1. The van der Waals surface area contributed by atoms with Crippen LogP contribution in [-0.2, 0) is 14.4 Å². The molecule has 1 N–H and O–H groups in total. The minimum atomic E-state index is -0.953. The normalized spacial score (nSPS) is 17.9. The van der Waals surface area contributed by atoms with Crippen LogP contribution in [0.3, 0.4) is 0 Å². The summed E-state index contributed by atoms with van der Waals surface area (Å²) in [6, 6.07) is 7.08. The van der Waals surface area contributed by atoms with E-state index in [9.17, 15) is 14.4 Å². The number of rotatable bonds is 8. The number of hydrogen-bond donors (Lipinski definition) is 1. The molecule has 0 aromatic heterocycles. The number of carbonyl (C=O) groups excluding carboxylic acids is 2. The summed E-state index contributed by atoms with van der Waals surface area (Å²) in [4.78, 5) is 38.5. The molecule has 1 aromatic carbocycles. The summed E-state index contributed by atoms with van der Waals surface area (Å²) in [5.41, 5.74) is 0. The van der Waals surface area contributed by atoms with Gasteiger partial charge in [0.2, 0.25) is 11.8 Å². The van der Waals surface area contributed by atoms with E-state index in [1.807, 2.05) is 6.07 Å². The summed E-state index contributed by atoms with van der Waals surface area (Å²) < 4.78 is 5.58. The van der Waals surface area contributed by atoms with Crippen LogP contribution in [0.2, 0.25) is 5.02 Å². The number of carboxylic acid groups (broad SMARTS) is 1. The fraction of sp³-hybridized carbons (Fsp3) is 0.500. The molecule has 1 heterocycles. The van der Waals surface area contributed by atoms with Crippen molar-refractivity contribution in [3.05, 3.63) is 29.3 Å². The van der Waals surface area contributed by atoms with Gasteiger partial charge in [0.1, 0.15) is 12.4 Å². The molecule has 1 saturated heterocycles. The van der Waals surface area contributed by atoms with Gasteiger partial charge in [0, 0.05) is 26.6 Å². The number of nitrogens with zero attached hydrogens (tertiary/aromatic N) is 2. The third-order valence-electron chi connectivity index (χ3n) is 4.36. The Labute approximate surface area is 157 Å². The van der Waals surface area contributed by atoms with E-state index in [0.29, 0.717) is 23.9 Å². The van der Waals surface area contributed by atoms with Crippen LogP contribution < -0.4 is 4.74 Å². The lowest BCUT2D eigenvalue weighted by atomic mass is 10.1. The van der Waals surface area contributed by atoms with Gasteiger partial charge in [-0.15, -0.1) is 0 Å². The van der Waals surface area contributed by atoms with Crippen LogP contribution in [0.1, 0.15) is 13.3 Å². The fourth-order valence-corrected chi connectivity index (χ4v) is 3.06. The van der Waals surface area contributed by atoms with Crippen molar-refractivity contribution >= 4 is 29.4 Å². The van der Waals surface area contributed by atoms with Gasteiger partial charge >= 0.3 is 5.97 Å². The molecule has 1 aliphatic rings. The van der Waals surface area contributed by atoms with E-state index in [4.69, 9.17) is 21.4 Å². The van der Waals surface area contributed by atoms with Gasteiger partial charge in [0.05, 0.1) is 23.4 Å². The smallest absolute Gasteiger partial charge is 0.308 e. The van der Waals surface area contributed by atoms with E-state index in [-0.39, 0.29) is 31.4 Å². The van der Waals surface area contributed by atoms with Gasteiger partial charge in [-0.05, 0) is 12.1 Å². The third-order valence-corrected chi connectivity index (χ3v) is 4.68. The molecule has 26 heavy (non-hydrogen) atoms. The number of hydrogen-bond acceptors (Lipinski definition) is 4. The van der Waals surface area contributed by atoms with Crippen LogP contribution in [0.25, 0.3) is 0 Å². The van der Waals surface area contributed by atoms with Gasteiger partial charge < -0.3 is 19.6 Å². The topological polar surface area (TPSA) is 87.2 Å². The summed E-state index contributed by atoms with van der Waals surface area (Å²) in [6.07, 6.45) is 0.136. The average Bonchev–Trinajstić information content (AvgIpc) is 2.96. The highest BCUT2D eigenvalue weighted by molar-refractivity contribution is 6.32. The van der Waals surface area contributed by atoms with E-state index < -0.39 is 17.8 Å². The second kappa shape index (κ2) is 8.89. The molecule has 0 radical (unpaired) electrons. The molecule has 7 nitrogen and oxygen atoms in total. The number of aliphatic carboxylic acids is 1. The number of carbonyl (C=O) groups is 3. The quantitative estimate of drug-likeness (QED) is 0.740. The average molecular weight is 383 g/mol. The molecule has 142 valence electrons. The zero-order valence-electron chi connectivity index (χ0n) is 14.9. The fourth-order valence-electron chi connectivity index (χ4n) is 2.87. The molecular formula is C18H23ClN2O5. The second-order valence-corrected chi connectivity index (χ2v) is 6.88. The van der Waals surface area contributed by atoms with Crippen molar-refractivity contribution < 1.29 is 24.2 Å². The zero-order valence-corrected chi connectivity index (χ0v) is 15.6. The highest BCUT2D eigenvalue weighted by Gasteiger charge is 2.36. The van der Waals surface area contributed by atoms with Gasteiger partial charge in [-0.3, -0.25) is 14.4 Å². The lowest BCUT2D eigenvalue weighted by Crippen LogP contribution is -2.39. The van der Waals surface area contributed by atoms with Crippen molar-refractivity contribution in [2.24, 2.45) is 11.8 Å². The third kappa shape index (κ3) is 5.11. The minimum Gasteiger partial charge on any atom is -0.490 e. The van der Waals surface area contributed by atoms with Crippen LogP contribution in [0.5, 0.6) is 5.75 Å². The van der Waals surface area contributed by atoms with Crippen LogP contribution in [0.15, 0.2) is 24.3 Å². The van der Waals surface area contributed by atoms with Gasteiger partial charge in [-0.25, -0.2) is 0 Å². The maximum atomic E-state index is 12.4. The first kappa shape index (κ1) is 20.0. The standard InChI is InChI=1S/C18H23ClN2O5/c1-12(18(24)25)10-20(2)17(23)13-9-16(22)21(11-13)7-8-26-15-6-4-3-5-14(15)19/h3-6,12-13H,7-11H2,1-2H3,(H,24,25). The Balaban J connectivity index is 1.83. The van der Waals surface area contributed by atoms with Crippen LogP contribution in [0.4, 0.5) is 0 Å². The maximum absolute atomic E-state index is 12.4. The Hall–Kier alpha value is -2.28. The molecule has 0 bridgehead atoms. The predicted molar refractivity (Wildman–Crippen MR) is 96.1 cm³/mol. The maximum Gasteiger partial charge on any atom is 0.308 e. The van der Waals surface area contributed by atoms with Crippen molar-refractivity contribution in [2.75, 3.05) is 33.3 Å². The van der Waals surface area contributed by atoms with Gasteiger partial charge in [0.15, 0.2) is 0 Å². The largest absolute Gasteiger partial charge is 0.490 e. The Morgan fingerprint density at radius 2 is 2.12 bits per heavy atom. The molecule has 8 heteroatoms. The molecule has 2 rings (SSSR count). The second-order valence-electron chi connectivity index (χ2n) is 6.48. The van der Waals surface area contributed by atoms with E-state index in [0.717, 1.165) is 0 Å². The Bertz CT molecular complexity index is 681. The number of carboxylic acids is 1. The molecule has 0 saturated carbocycles. The van der Waals surface area contributed by atoms with Gasteiger partial charge in [-0.2, -0.15) is 0 Å². The first-order valence-electron chi connectivity index (χ1n) is 8.42. The molecule has 1 aromatic rings. The summed E-state index contributed by atoms with van der Waals surface area (Å²) in [6.45, 7) is 2.62. The predicted octanol–water partition coefficient (Wildman–Crippen LogP) is 1.75. The Kier molecular flexibility index (Phi) is 6.85. The van der Waals surface area contributed by atoms with Crippen LogP contribution in [-0.4, -0.2) is 66.0 Å². The van der Waals surface area contributed by atoms with Gasteiger partial charge in [0.25, 0.3) is 0 Å². The number of likely N-dealkylation sites (tertiary alicyclic amines) is 1. The number of amides is 2. The lowest BCUT2D eigenvalue weighted by Gasteiger charge is -2.23. The highest BCUT2D eigenvalue weighted by atomic mass is 35.5. The summed E-state index contributed by atoms with van der Waals surface area (Å²) in [5.74, 6) is -1.82. The molecule has 0 aliphatic carbocycles. The SMILES string of the molecule is CC(CN(C)C(=O)C1CC(=O)N(CCOc2ccccc2Cl)C1)C(=O)O. The van der Waals surface area contributed by atoms with E-state index in [2.05, 4.69) is 0 Å². The number of benzene rings is 1. The van der Waals surface area contributed by atoms with Crippen molar-refractivity contribution in [1.29, 1.82) is 0 Å². The first-order valence-corrected chi connectivity index (χ1v) is 8.80. The Morgan fingerprint density at radius 1 is 1.42 bits per heavy atom. The van der Waals surface area contributed by atoms with Crippen molar-refractivity contribution in [3.8, 4) is 5.75 Å². The van der Waals surface area contributed by atoms with E-state index in [1.54, 1.807) is 37.1 Å². The molecule has 2 amide bonds. The molecular weight excluding hydrogens is 360 g/mol. The molecule has 0 spiro atoms. The number of halogens is 1. The summed E-state index contributed by atoms with van der Waals surface area (Å²) >= 11 is 6.01. The molecule has 1 fully saturated rings. The first-order chi connectivity index (χ1) is 12.3. The monoisotopic (exact) mass is 382 g/mol. The Morgan fingerprint density at radius 3 is 2.77 bits per heavy atom. The minimum absolute atomic E-state index is 0.106. The van der Waals surface area contributed by atoms with Crippen molar-refractivity contribution in [1.82, 2.24) is 9.80 Å². The highest BCUT2D eigenvalue weighted by Crippen LogP contribution is 2.24. The van der Waals surface area contributed by atoms with Crippen LogP contribution >= 0.6 is 11.6 Å². The molecule has 2 unspecified atom stereocenters. The zero-order chi connectivity index (χ0) is 19.3. The van der Waals surface area contributed by atoms with Crippen molar-refractivity contribution in [3.63, 3.8) is 0 Å². The van der Waals surface area contributed by atoms with E-state index in [1.165, 1.54) is 4.90 Å². The lowest BCUT2D eigenvalue weighted by molar-refractivity contribution is -0.143. The summed E-state index contributed by atoms with van der Waals surface area (Å²) in [7, 11) is 1.56. The molecule has 2 atom stereocenters. The van der Waals surface area contributed by atoms with Crippen molar-refractivity contribution in [2.45, 2.75) is 13.3 Å². The summed E-state index contributed by atoms with van der Waals surface area (Å²) in [5, 5.41) is 9.45. The van der Waals surface area contributed by atoms with Gasteiger partial charge in [-0.1, -0.05) is 30.7 Å².